The Bertz CT molecular complexity index is 1190. The van der Waals surface area contributed by atoms with E-state index in [4.69, 9.17) is 9.47 Å². The van der Waals surface area contributed by atoms with Crippen molar-refractivity contribution in [3.05, 3.63) is 58.5 Å². The van der Waals surface area contributed by atoms with Gasteiger partial charge in [0, 0.05) is 44.4 Å². The summed E-state index contributed by atoms with van der Waals surface area (Å²) >= 11 is 0. The van der Waals surface area contributed by atoms with Gasteiger partial charge in [0.15, 0.2) is 11.5 Å². The van der Waals surface area contributed by atoms with Crippen LogP contribution in [0.1, 0.15) is 18.5 Å². The molecule has 0 radical (unpaired) electrons. The predicted octanol–water partition coefficient (Wildman–Crippen LogP) is 2.63. The molecule has 8 nitrogen and oxygen atoms in total. The molecule has 1 saturated heterocycles. The molecule has 0 amide bonds. The maximum Gasteiger partial charge on any atom is 0.251 e. The first-order valence-electron chi connectivity index (χ1n) is 11.5. The molecule has 0 aromatic carbocycles. The van der Waals surface area contributed by atoms with E-state index in [1.54, 1.807) is 16.8 Å². The molecule has 1 fully saturated rings. The first-order chi connectivity index (χ1) is 16.2. The summed E-state index contributed by atoms with van der Waals surface area (Å²) in [5.41, 5.74) is 1.98. The number of fused-ring (bicyclic) bond motifs is 2. The third-order valence-electron chi connectivity index (χ3n) is 6.27. The summed E-state index contributed by atoms with van der Waals surface area (Å²) in [5, 5.41) is 3.52. The number of ether oxygens (including phenoxy) is 2. The predicted molar refractivity (Wildman–Crippen MR) is 129 cm³/mol. The second-order valence-electron chi connectivity index (χ2n) is 8.64. The maximum atomic E-state index is 13.7. The van der Waals surface area contributed by atoms with Crippen molar-refractivity contribution in [3.63, 3.8) is 0 Å². The number of pyridine rings is 3. The Morgan fingerprint density at radius 1 is 1.09 bits per heavy atom. The monoisotopic (exact) mass is 489 g/mol. The van der Waals surface area contributed by atoms with E-state index >= 15 is 0 Å². The van der Waals surface area contributed by atoms with Crippen molar-refractivity contribution in [3.8, 4) is 11.5 Å². The molecule has 182 valence electrons. The smallest absolute Gasteiger partial charge is 0.251 e. The van der Waals surface area contributed by atoms with Gasteiger partial charge in [0.25, 0.3) is 5.56 Å². The largest absolute Gasteiger partial charge is 0.486 e. The van der Waals surface area contributed by atoms with Crippen molar-refractivity contribution >= 4 is 23.4 Å². The molecule has 2 aliphatic rings. The molecule has 2 aliphatic heterocycles. The zero-order chi connectivity index (χ0) is 22.6. The third kappa shape index (κ3) is 5.65. The molecule has 10 heteroatoms. The van der Waals surface area contributed by atoms with Gasteiger partial charge in [-0.15, -0.1) is 12.4 Å². The van der Waals surface area contributed by atoms with E-state index in [9.17, 15) is 9.18 Å². The number of halogens is 2. The highest BCUT2D eigenvalue weighted by molar-refractivity contribution is 5.85. The average Bonchev–Trinajstić information content (AvgIpc) is 2.83. The molecule has 0 spiro atoms. The van der Waals surface area contributed by atoms with Crippen LogP contribution in [0.2, 0.25) is 0 Å². The van der Waals surface area contributed by atoms with Crippen LogP contribution < -0.4 is 20.3 Å². The lowest BCUT2D eigenvalue weighted by atomic mass is 9.98. The molecule has 1 N–H and O–H groups in total. The molecular weight excluding hydrogens is 461 g/mol. The molecular formula is C24H29ClFN5O3. The van der Waals surface area contributed by atoms with Crippen LogP contribution >= 0.6 is 12.4 Å². The highest BCUT2D eigenvalue weighted by Crippen LogP contribution is 2.29. The van der Waals surface area contributed by atoms with Crippen LogP contribution in [-0.4, -0.2) is 58.8 Å². The molecule has 5 heterocycles. The van der Waals surface area contributed by atoms with Crippen LogP contribution in [0.3, 0.4) is 0 Å². The van der Waals surface area contributed by atoms with E-state index in [-0.39, 0.29) is 18.0 Å². The van der Waals surface area contributed by atoms with Crippen LogP contribution in [0, 0.1) is 11.7 Å². The second-order valence-corrected chi connectivity index (χ2v) is 8.64. The number of aromatic nitrogens is 3. The molecule has 3 aromatic heterocycles. The van der Waals surface area contributed by atoms with Crippen molar-refractivity contribution in [2.75, 3.05) is 39.4 Å². The van der Waals surface area contributed by atoms with Gasteiger partial charge in [0.2, 0.25) is 0 Å². The highest BCUT2D eigenvalue weighted by Gasteiger charge is 2.20. The Balaban J connectivity index is 0.00000274. The Morgan fingerprint density at radius 3 is 2.82 bits per heavy atom. The van der Waals surface area contributed by atoms with Crippen molar-refractivity contribution < 1.29 is 13.9 Å². The standard InChI is InChI=1S/C24H28FN5O3.ClH/c25-18-10-21-20(28-13-18)3-4-24(31)30(21)7-6-29-5-1-2-17(16-29)12-26-14-19-11-22-23(15-27-19)33-9-8-32-22;/h3-4,10-11,13,15,17,26H,1-2,5-9,12,14,16H2;1H. The zero-order valence-electron chi connectivity index (χ0n) is 18.9. The van der Waals surface area contributed by atoms with Gasteiger partial charge >= 0.3 is 0 Å². The molecule has 0 saturated carbocycles. The number of hydrogen-bond donors (Lipinski definition) is 1. The summed E-state index contributed by atoms with van der Waals surface area (Å²) in [7, 11) is 0. The minimum absolute atomic E-state index is 0. The maximum absolute atomic E-state index is 13.7. The lowest BCUT2D eigenvalue weighted by molar-refractivity contribution is 0.166. The minimum Gasteiger partial charge on any atom is -0.486 e. The van der Waals surface area contributed by atoms with Gasteiger partial charge in [-0.25, -0.2) is 4.39 Å². The summed E-state index contributed by atoms with van der Waals surface area (Å²) in [5.74, 6) is 1.56. The molecule has 0 bridgehead atoms. The second kappa shape index (κ2) is 11.1. The van der Waals surface area contributed by atoms with Gasteiger partial charge in [0.05, 0.1) is 29.1 Å². The van der Waals surface area contributed by atoms with E-state index in [0.29, 0.717) is 49.0 Å². The van der Waals surface area contributed by atoms with Gasteiger partial charge < -0.3 is 24.3 Å². The first-order valence-corrected chi connectivity index (χ1v) is 11.5. The fourth-order valence-electron chi connectivity index (χ4n) is 4.63. The normalized spacial score (nSPS) is 18.0. The number of likely N-dealkylation sites (tertiary alicyclic amines) is 1. The minimum atomic E-state index is -0.432. The summed E-state index contributed by atoms with van der Waals surface area (Å²) in [6.45, 7) is 5.94. The van der Waals surface area contributed by atoms with Crippen LogP contribution in [0.25, 0.3) is 11.0 Å². The lowest BCUT2D eigenvalue weighted by Crippen LogP contribution is -2.41. The molecule has 1 unspecified atom stereocenters. The van der Waals surface area contributed by atoms with Crippen LogP contribution in [0.15, 0.2) is 41.5 Å². The Labute approximate surface area is 203 Å². The number of nitrogens with one attached hydrogen (secondary N) is 1. The fourth-order valence-corrected chi connectivity index (χ4v) is 4.63. The van der Waals surface area contributed by atoms with Gasteiger partial charge in [-0.2, -0.15) is 0 Å². The zero-order valence-corrected chi connectivity index (χ0v) is 19.7. The summed E-state index contributed by atoms with van der Waals surface area (Å²) < 4.78 is 26.5. The van der Waals surface area contributed by atoms with Crippen molar-refractivity contribution in [1.82, 2.24) is 24.8 Å². The Morgan fingerprint density at radius 2 is 1.94 bits per heavy atom. The Kier molecular flexibility index (Phi) is 7.97. The van der Waals surface area contributed by atoms with Gasteiger partial charge in [-0.1, -0.05) is 0 Å². The summed E-state index contributed by atoms with van der Waals surface area (Å²) in [4.78, 5) is 23.3. The van der Waals surface area contributed by atoms with Gasteiger partial charge in [-0.3, -0.25) is 14.8 Å². The lowest BCUT2D eigenvalue weighted by Gasteiger charge is -2.33. The fraction of sp³-hybridized carbons (Fsp3) is 0.458. The number of piperidine rings is 1. The van der Waals surface area contributed by atoms with E-state index in [1.165, 1.54) is 24.8 Å². The SMILES string of the molecule is Cl.O=c1ccc2ncc(F)cc2n1CCN1CCCC(CNCc2cc3c(cn2)OCCO3)C1. The molecule has 3 aromatic rings. The Hall–Kier alpha value is -2.75. The summed E-state index contributed by atoms with van der Waals surface area (Å²) in [6.07, 6.45) is 5.20. The highest BCUT2D eigenvalue weighted by atomic mass is 35.5. The number of hydrogen-bond acceptors (Lipinski definition) is 7. The quantitative estimate of drug-likeness (QED) is 0.546. The first kappa shape index (κ1) is 24.4. The average molecular weight is 490 g/mol. The van der Waals surface area contributed by atoms with Gasteiger partial charge in [-0.05, 0) is 37.9 Å². The van der Waals surface area contributed by atoms with E-state index in [2.05, 4.69) is 20.2 Å². The van der Waals surface area contributed by atoms with E-state index in [1.807, 2.05) is 6.07 Å². The summed E-state index contributed by atoms with van der Waals surface area (Å²) in [6, 6.07) is 6.47. The topological polar surface area (TPSA) is 81.5 Å². The molecule has 0 aliphatic carbocycles. The van der Waals surface area contributed by atoms with Crippen LogP contribution in [0.5, 0.6) is 11.5 Å². The van der Waals surface area contributed by atoms with Crippen molar-refractivity contribution in [2.45, 2.75) is 25.9 Å². The molecule has 1 atom stereocenters. The van der Waals surface area contributed by atoms with Crippen molar-refractivity contribution in [1.29, 1.82) is 0 Å². The number of nitrogens with zero attached hydrogens (tertiary/aromatic N) is 4. The van der Waals surface area contributed by atoms with Crippen molar-refractivity contribution in [2.24, 2.45) is 5.92 Å². The van der Waals surface area contributed by atoms with E-state index < -0.39 is 5.82 Å². The molecule has 34 heavy (non-hydrogen) atoms. The molecule has 5 rings (SSSR count). The van der Waals surface area contributed by atoms with Crippen LogP contribution in [0.4, 0.5) is 4.39 Å². The number of rotatable bonds is 7. The van der Waals surface area contributed by atoms with Gasteiger partial charge in [0.1, 0.15) is 19.0 Å². The van der Waals surface area contributed by atoms with E-state index in [0.717, 1.165) is 44.0 Å². The third-order valence-corrected chi connectivity index (χ3v) is 6.27. The van der Waals surface area contributed by atoms with Crippen LogP contribution in [-0.2, 0) is 13.1 Å².